The van der Waals surface area contributed by atoms with Gasteiger partial charge in [-0.3, -0.25) is 0 Å². The van der Waals surface area contributed by atoms with Crippen LogP contribution in [-0.2, 0) is 0 Å². The van der Waals surface area contributed by atoms with Crippen molar-refractivity contribution in [1.82, 2.24) is 0 Å². The first kappa shape index (κ1) is 17.0. The number of hydrogen-bond acceptors (Lipinski definition) is 3. The number of rotatable bonds is 5. The van der Waals surface area contributed by atoms with Crippen LogP contribution in [0.5, 0.6) is 5.75 Å². The summed E-state index contributed by atoms with van der Waals surface area (Å²) in [6.07, 6.45) is 1.80. The smallest absolute Gasteiger partial charge is 0.220 e. The first-order chi connectivity index (χ1) is 12.3. The van der Waals surface area contributed by atoms with Gasteiger partial charge >= 0.3 is 0 Å². The van der Waals surface area contributed by atoms with Crippen LogP contribution in [0.1, 0.15) is 0 Å². The van der Waals surface area contributed by atoms with Gasteiger partial charge in [-0.25, -0.2) is 9.38 Å². The monoisotopic (exact) mass is 349 g/mol. The molecule has 0 spiro atoms. The van der Waals surface area contributed by atoms with Crippen molar-refractivity contribution in [3.63, 3.8) is 0 Å². The van der Waals surface area contributed by atoms with Gasteiger partial charge in [0.2, 0.25) is 5.90 Å². The lowest BCUT2D eigenvalue weighted by atomic mass is 10.3. The van der Waals surface area contributed by atoms with E-state index in [1.54, 1.807) is 30.0 Å². The third-order valence-electron chi connectivity index (χ3n) is 3.19. The van der Waals surface area contributed by atoms with Crippen molar-refractivity contribution in [2.24, 2.45) is 4.99 Å². The Morgan fingerprint density at radius 2 is 1.48 bits per heavy atom. The highest BCUT2D eigenvalue weighted by Gasteiger charge is 2.01. The molecule has 0 bridgehead atoms. The van der Waals surface area contributed by atoms with E-state index in [-0.39, 0.29) is 5.82 Å². The molecule has 124 valence electrons. The number of ether oxygens (including phenoxy) is 1. The van der Waals surface area contributed by atoms with Gasteiger partial charge in [0.05, 0.1) is 5.69 Å². The van der Waals surface area contributed by atoms with E-state index < -0.39 is 0 Å². The normalized spacial score (nSPS) is 11.6. The summed E-state index contributed by atoms with van der Waals surface area (Å²) < 4.78 is 18.9. The molecule has 3 aromatic carbocycles. The predicted molar refractivity (Wildman–Crippen MR) is 102 cm³/mol. The standard InChI is InChI=1S/C21H16FNOS/c22-17-11-13-18(14-12-17)23-21(24-19-7-3-1-4-8-19)15-16-25-20-9-5-2-6-10-20/h1-16H. The Morgan fingerprint density at radius 3 is 2.16 bits per heavy atom. The number of nitrogens with zero attached hydrogens (tertiary/aromatic N) is 1. The number of para-hydroxylation sites is 1. The van der Waals surface area contributed by atoms with Crippen molar-refractivity contribution in [2.75, 3.05) is 0 Å². The van der Waals surface area contributed by atoms with Gasteiger partial charge in [-0.1, -0.05) is 48.2 Å². The third kappa shape index (κ3) is 5.62. The van der Waals surface area contributed by atoms with Gasteiger partial charge in [0.25, 0.3) is 0 Å². The average Bonchev–Trinajstić information content (AvgIpc) is 2.65. The van der Waals surface area contributed by atoms with Crippen LogP contribution >= 0.6 is 11.8 Å². The fourth-order valence-corrected chi connectivity index (χ4v) is 2.67. The molecule has 0 radical (unpaired) electrons. The molecule has 0 aromatic heterocycles. The molecule has 0 saturated carbocycles. The Bertz CT molecular complexity index is 846. The maximum absolute atomic E-state index is 13.1. The lowest BCUT2D eigenvalue weighted by molar-refractivity contribution is 0.556. The zero-order valence-corrected chi connectivity index (χ0v) is 14.2. The van der Waals surface area contributed by atoms with E-state index in [0.29, 0.717) is 17.3 Å². The molecule has 25 heavy (non-hydrogen) atoms. The topological polar surface area (TPSA) is 21.6 Å². The second-order valence-electron chi connectivity index (χ2n) is 5.08. The highest BCUT2D eigenvalue weighted by atomic mass is 32.2. The van der Waals surface area contributed by atoms with Crippen molar-refractivity contribution in [3.05, 3.63) is 102 Å². The molecule has 3 aromatic rings. The summed E-state index contributed by atoms with van der Waals surface area (Å²) in [5, 5.41) is 1.92. The van der Waals surface area contributed by atoms with Crippen molar-refractivity contribution in [1.29, 1.82) is 0 Å². The van der Waals surface area contributed by atoms with Crippen molar-refractivity contribution in [2.45, 2.75) is 4.90 Å². The average molecular weight is 349 g/mol. The van der Waals surface area contributed by atoms with Crippen LogP contribution in [0.3, 0.4) is 0 Å². The Hall–Kier alpha value is -2.85. The summed E-state index contributed by atoms with van der Waals surface area (Å²) >= 11 is 1.57. The molecule has 0 saturated heterocycles. The lowest BCUT2D eigenvalue weighted by Gasteiger charge is -2.05. The summed E-state index contributed by atoms with van der Waals surface area (Å²) in [6.45, 7) is 0. The second-order valence-corrected chi connectivity index (χ2v) is 6.05. The predicted octanol–water partition coefficient (Wildman–Crippen LogP) is 6.24. The molecule has 0 N–H and O–H groups in total. The van der Waals surface area contributed by atoms with E-state index in [9.17, 15) is 4.39 Å². The van der Waals surface area contributed by atoms with Crippen LogP contribution in [0.25, 0.3) is 0 Å². The van der Waals surface area contributed by atoms with Crippen LogP contribution in [0.15, 0.2) is 106 Å². The van der Waals surface area contributed by atoms with Crippen LogP contribution < -0.4 is 4.74 Å². The first-order valence-corrected chi connectivity index (χ1v) is 8.63. The molecular formula is C21H16FNOS. The van der Waals surface area contributed by atoms with E-state index in [1.165, 1.54) is 12.1 Å². The Kier molecular flexibility index (Phi) is 6.01. The largest absolute Gasteiger partial charge is 0.439 e. The van der Waals surface area contributed by atoms with Crippen molar-refractivity contribution >= 4 is 23.3 Å². The quantitative estimate of drug-likeness (QED) is 0.309. The van der Waals surface area contributed by atoms with Crippen LogP contribution in [0.2, 0.25) is 0 Å². The number of thioether (sulfide) groups is 1. The number of aliphatic imine (C=N–C) groups is 1. The van der Waals surface area contributed by atoms with Crippen molar-refractivity contribution in [3.8, 4) is 5.75 Å². The summed E-state index contributed by atoms with van der Waals surface area (Å²) in [7, 11) is 0. The molecule has 3 rings (SSSR count). The minimum atomic E-state index is -0.292. The summed E-state index contributed by atoms with van der Waals surface area (Å²) in [4.78, 5) is 5.58. The molecule has 0 fully saturated rings. The zero-order valence-electron chi connectivity index (χ0n) is 13.4. The molecule has 0 aliphatic heterocycles. The molecule has 2 nitrogen and oxygen atoms in total. The fourth-order valence-electron chi connectivity index (χ4n) is 2.02. The Labute approximate surface area is 150 Å². The van der Waals surface area contributed by atoms with Gasteiger partial charge in [0, 0.05) is 11.0 Å². The lowest BCUT2D eigenvalue weighted by Crippen LogP contribution is -2.04. The molecule has 4 heteroatoms. The highest BCUT2D eigenvalue weighted by Crippen LogP contribution is 2.20. The Morgan fingerprint density at radius 1 is 0.840 bits per heavy atom. The summed E-state index contributed by atoms with van der Waals surface area (Å²) in [5.74, 6) is 0.832. The van der Waals surface area contributed by atoms with Crippen molar-refractivity contribution < 1.29 is 9.13 Å². The van der Waals surface area contributed by atoms with Gasteiger partial charge in [0.1, 0.15) is 11.6 Å². The maximum Gasteiger partial charge on any atom is 0.220 e. The van der Waals surface area contributed by atoms with Gasteiger partial charge in [-0.05, 0) is 53.9 Å². The maximum atomic E-state index is 13.1. The molecule has 0 aliphatic rings. The Balaban J connectivity index is 1.79. The van der Waals surface area contributed by atoms with E-state index in [2.05, 4.69) is 4.99 Å². The van der Waals surface area contributed by atoms with E-state index >= 15 is 0 Å². The fraction of sp³-hybridized carbons (Fsp3) is 0. The summed E-state index contributed by atoms with van der Waals surface area (Å²) in [6, 6.07) is 25.4. The third-order valence-corrected chi connectivity index (χ3v) is 4.01. The van der Waals surface area contributed by atoms with E-state index in [1.807, 2.05) is 66.1 Å². The van der Waals surface area contributed by atoms with Gasteiger partial charge in [-0.2, -0.15) is 0 Å². The molecule has 0 heterocycles. The zero-order chi connectivity index (χ0) is 17.3. The number of hydrogen-bond donors (Lipinski definition) is 0. The highest BCUT2D eigenvalue weighted by molar-refractivity contribution is 8.02. The second kappa shape index (κ2) is 8.85. The first-order valence-electron chi connectivity index (χ1n) is 7.75. The van der Waals surface area contributed by atoms with E-state index in [4.69, 9.17) is 4.74 Å². The minimum absolute atomic E-state index is 0.292. The molecule has 0 aliphatic carbocycles. The minimum Gasteiger partial charge on any atom is -0.439 e. The van der Waals surface area contributed by atoms with Gasteiger partial charge in [0.15, 0.2) is 0 Å². The number of benzene rings is 3. The van der Waals surface area contributed by atoms with Crippen LogP contribution in [0, 0.1) is 5.82 Å². The molecule has 0 amide bonds. The molecular weight excluding hydrogens is 333 g/mol. The molecule has 0 atom stereocenters. The van der Waals surface area contributed by atoms with Gasteiger partial charge in [-0.15, -0.1) is 0 Å². The van der Waals surface area contributed by atoms with E-state index in [0.717, 1.165) is 4.90 Å². The summed E-state index contributed by atoms with van der Waals surface area (Å²) in [5.41, 5.74) is 0.627. The van der Waals surface area contributed by atoms with Crippen LogP contribution in [-0.4, -0.2) is 5.90 Å². The van der Waals surface area contributed by atoms with Crippen LogP contribution in [0.4, 0.5) is 10.1 Å². The molecule has 0 unspecified atom stereocenters. The number of halogens is 1. The SMILES string of the molecule is Fc1ccc(N=C(C=CSc2ccccc2)Oc2ccccc2)cc1. The van der Waals surface area contributed by atoms with Gasteiger partial charge < -0.3 is 4.74 Å².